The second-order valence-electron chi connectivity index (χ2n) is 4.74. The van der Waals surface area contributed by atoms with E-state index >= 15 is 0 Å². The van der Waals surface area contributed by atoms with Crippen molar-refractivity contribution < 1.29 is 18.7 Å². The zero-order chi connectivity index (χ0) is 16.6. The van der Waals surface area contributed by atoms with E-state index in [9.17, 15) is 9.18 Å². The number of halogens is 2. The van der Waals surface area contributed by atoms with E-state index in [0.717, 1.165) is 0 Å². The number of methoxy groups -OCH3 is 2. The van der Waals surface area contributed by atoms with Gasteiger partial charge in [0.25, 0.3) is 0 Å². The van der Waals surface area contributed by atoms with E-state index in [4.69, 9.17) is 21.1 Å². The molecule has 0 amide bonds. The maximum Gasteiger partial charge on any atom is 0.340 e. The molecule has 23 heavy (non-hydrogen) atoms. The predicted molar refractivity (Wildman–Crippen MR) is 84.4 cm³/mol. The highest BCUT2D eigenvalue weighted by Gasteiger charge is 2.19. The monoisotopic (exact) mass is 334 g/mol. The molecule has 5 nitrogen and oxygen atoms in total. The Labute approximate surface area is 136 Å². The second kappa shape index (κ2) is 5.89. The fraction of sp³-hybridized carbons (Fsp3) is 0.125. The van der Waals surface area contributed by atoms with Gasteiger partial charge in [0.05, 0.1) is 24.8 Å². The predicted octanol–water partition coefficient (Wildman–Crippen LogP) is 3.82. The Morgan fingerprint density at radius 1 is 1.26 bits per heavy atom. The molecule has 0 bridgehead atoms. The Morgan fingerprint density at radius 3 is 2.70 bits per heavy atom. The summed E-state index contributed by atoms with van der Waals surface area (Å²) in [6, 6.07) is 7.21. The Bertz CT molecular complexity index is 908. The van der Waals surface area contributed by atoms with Crippen LogP contribution in [0.5, 0.6) is 5.75 Å². The molecule has 0 aliphatic heterocycles. The third-order valence-corrected chi connectivity index (χ3v) is 3.73. The van der Waals surface area contributed by atoms with Crippen molar-refractivity contribution in [2.75, 3.05) is 14.2 Å². The standard InChI is InChI=1S/C16H12ClFN2O3/c1-22-12-6-5-10(16(21)23-2)13-14(12)20-15(19-13)9-4-3-8(18)7-11(9)17/h3-7H,1-2H3,(H,19,20). The van der Waals surface area contributed by atoms with E-state index in [1.807, 2.05) is 0 Å². The van der Waals surface area contributed by atoms with Gasteiger partial charge in [0.15, 0.2) is 0 Å². The lowest BCUT2D eigenvalue weighted by molar-refractivity contribution is 0.0603. The van der Waals surface area contributed by atoms with E-state index in [1.54, 1.807) is 12.1 Å². The van der Waals surface area contributed by atoms with E-state index in [0.29, 0.717) is 33.7 Å². The number of ether oxygens (including phenoxy) is 2. The van der Waals surface area contributed by atoms with Crippen LogP contribution in [0.1, 0.15) is 10.4 Å². The molecule has 0 unspecified atom stereocenters. The number of aromatic amines is 1. The fourth-order valence-electron chi connectivity index (χ4n) is 2.32. The molecule has 3 rings (SSSR count). The minimum atomic E-state index is -0.513. The maximum absolute atomic E-state index is 13.2. The zero-order valence-electron chi connectivity index (χ0n) is 12.3. The molecule has 0 saturated carbocycles. The van der Waals surface area contributed by atoms with Crippen LogP contribution in [-0.2, 0) is 4.74 Å². The highest BCUT2D eigenvalue weighted by atomic mass is 35.5. The van der Waals surface area contributed by atoms with Crippen molar-refractivity contribution in [3.05, 3.63) is 46.7 Å². The molecule has 0 aliphatic rings. The maximum atomic E-state index is 13.2. The summed E-state index contributed by atoms with van der Waals surface area (Å²) >= 11 is 6.07. The number of carbonyl (C=O) groups excluding carboxylic acids is 1. The summed E-state index contributed by atoms with van der Waals surface area (Å²) in [7, 11) is 2.81. The zero-order valence-corrected chi connectivity index (χ0v) is 13.1. The first-order valence-corrected chi connectivity index (χ1v) is 7.03. The van der Waals surface area contributed by atoms with Crippen molar-refractivity contribution in [2.24, 2.45) is 0 Å². The first-order chi connectivity index (χ1) is 11.0. The highest BCUT2D eigenvalue weighted by molar-refractivity contribution is 6.33. The summed E-state index contributed by atoms with van der Waals surface area (Å²) in [5.74, 6) is -0.0344. The van der Waals surface area contributed by atoms with Gasteiger partial charge in [0.2, 0.25) is 0 Å². The van der Waals surface area contributed by atoms with Gasteiger partial charge < -0.3 is 14.5 Å². The molecular weight excluding hydrogens is 323 g/mol. The van der Waals surface area contributed by atoms with Crippen LogP contribution >= 0.6 is 11.6 Å². The van der Waals surface area contributed by atoms with Crippen LogP contribution in [0.15, 0.2) is 30.3 Å². The van der Waals surface area contributed by atoms with Gasteiger partial charge in [-0.2, -0.15) is 0 Å². The molecule has 0 spiro atoms. The number of nitrogens with zero attached hydrogens (tertiary/aromatic N) is 1. The summed E-state index contributed by atoms with van der Waals surface area (Å²) in [4.78, 5) is 19.4. The Kier molecular flexibility index (Phi) is 3.92. The molecule has 118 valence electrons. The van der Waals surface area contributed by atoms with Gasteiger partial charge >= 0.3 is 5.97 Å². The highest BCUT2D eigenvalue weighted by Crippen LogP contribution is 2.33. The molecule has 3 aromatic rings. The lowest BCUT2D eigenvalue weighted by Crippen LogP contribution is -2.02. The molecule has 0 aliphatic carbocycles. The van der Waals surface area contributed by atoms with Crippen molar-refractivity contribution >= 4 is 28.6 Å². The summed E-state index contributed by atoms with van der Waals surface area (Å²) in [6.07, 6.45) is 0. The van der Waals surface area contributed by atoms with Crippen LogP contribution < -0.4 is 4.74 Å². The van der Waals surface area contributed by atoms with E-state index in [1.165, 1.54) is 32.4 Å². The van der Waals surface area contributed by atoms with Gasteiger partial charge in [0, 0.05) is 5.56 Å². The molecule has 1 aromatic heterocycles. The van der Waals surface area contributed by atoms with Gasteiger partial charge in [-0.05, 0) is 30.3 Å². The topological polar surface area (TPSA) is 64.2 Å². The van der Waals surface area contributed by atoms with Crippen LogP contribution in [0.25, 0.3) is 22.4 Å². The number of esters is 1. The molecule has 0 saturated heterocycles. The number of rotatable bonds is 3. The number of imidazole rings is 1. The first kappa shape index (κ1) is 15.3. The lowest BCUT2D eigenvalue weighted by atomic mass is 10.1. The van der Waals surface area contributed by atoms with Gasteiger partial charge in [-0.15, -0.1) is 0 Å². The molecule has 0 atom stereocenters. The smallest absolute Gasteiger partial charge is 0.340 e. The van der Waals surface area contributed by atoms with Crippen molar-refractivity contribution in [1.29, 1.82) is 0 Å². The van der Waals surface area contributed by atoms with Crippen LogP contribution in [0.4, 0.5) is 4.39 Å². The largest absolute Gasteiger partial charge is 0.494 e. The van der Waals surface area contributed by atoms with Crippen molar-refractivity contribution in [2.45, 2.75) is 0 Å². The van der Waals surface area contributed by atoms with Crippen LogP contribution in [-0.4, -0.2) is 30.2 Å². The average Bonchev–Trinajstić information content (AvgIpc) is 2.97. The first-order valence-electron chi connectivity index (χ1n) is 6.65. The number of nitrogens with one attached hydrogen (secondary N) is 1. The number of hydrogen-bond donors (Lipinski definition) is 1. The number of hydrogen-bond acceptors (Lipinski definition) is 4. The van der Waals surface area contributed by atoms with Crippen LogP contribution in [0, 0.1) is 5.82 Å². The number of fused-ring (bicyclic) bond motifs is 1. The van der Waals surface area contributed by atoms with E-state index in [-0.39, 0.29) is 5.02 Å². The summed E-state index contributed by atoms with van der Waals surface area (Å²) in [6.45, 7) is 0. The number of aromatic nitrogens is 2. The number of H-pyrrole nitrogens is 1. The van der Waals surface area contributed by atoms with E-state index in [2.05, 4.69) is 9.97 Å². The summed E-state index contributed by atoms with van der Waals surface area (Å²) < 4.78 is 23.2. The van der Waals surface area contributed by atoms with Gasteiger partial charge in [0.1, 0.15) is 28.4 Å². The van der Waals surface area contributed by atoms with Gasteiger partial charge in [-0.3, -0.25) is 0 Å². The summed E-state index contributed by atoms with van der Waals surface area (Å²) in [5, 5.41) is 0.211. The summed E-state index contributed by atoms with van der Waals surface area (Å²) in [5.41, 5.74) is 1.74. The van der Waals surface area contributed by atoms with Crippen molar-refractivity contribution in [3.8, 4) is 17.1 Å². The molecule has 7 heteroatoms. The molecule has 2 aromatic carbocycles. The second-order valence-corrected chi connectivity index (χ2v) is 5.15. The Hall–Kier alpha value is -2.60. The molecule has 0 fully saturated rings. The minimum absolute atomic E-state index is 0.211. The SMILES string of the molecule is COC(=O)c1ccc(OC)c2[nH]c(-c3ccc(F)cc3Cl)nc12. The Morgan fingerprint density at radius 2 is 2.04 bits per heavy atom. The van der Waals surface area contributed by atoms with Crippen molar-refractivity contribution in [3.63, 3.8) is 0 Å². The third kappa shape index (κ3) is 2.61. The van der Waals surface area contributed by atoms with Crippen LogP contribution in [0.2, 0.25) is 5.02 Å². The number of carbonyl (C=O) groups is 1. The van der Waals surface area contributed by atoms with E-state index < -0.39 is 11.8 Å². The third-order valence-electron chi connectivity index (χ3n) is 3.42. The average molecular weight is 335 g/mol. The minimum Gasteiger partial charge on any atom is -0.494 e. The molecule has 1 heterocycles. The lowest BCUT2D eigenvalue weighted by Gasteiger charge is -2.04. The van der Waals surface area contributed by atoms with Gasteiger partial charge in [-0.1, -0.05) is 11.6 Å². The fourth-order valence-corrected chi connectivity index (χ4v) is 2.58. The normalized spacial score (nSPS) is 10.8. The quantitative estimate of drug-likeness (QED) is 0.740. The van der Waals surface area contributed by atoms with Crippen molar-refractivity contribution in [1.82, 2.24) is 9.97 Å². The van der Waals surface area contributed by atoms with Crippen LogP contribution in [0.3, 0.4) is 0 Å². The molecular formula is C16H12ClFN2O3. The molecule has 0 radical (unpaired) electrons. The molecule has 1 N–H and O–H groups in total. The van der Waals surface area contributed by atoms with Gasteiger partial charge in [-0.25, -0.2) is 14.2 Å². The number of benzene rings is 2. The Balaban J connectivity index is 2.26.